The maximum Gasteiger partial charge on any atom is 0.309 e. The van der Waals surface area contributed by atoms with Crippen LogP contribution in [-0.2, 0) is 4.79 Å². The minimum atomic E-state index is -0.691. The van der Waals surface area contributed by atoms with Crippen LogP contribution < -0.4 is 4.90 Å². The standard InChI is InChI=1S/C12H16N6O2/c1-2-12(11(19)20)5-7-17(8-6-12)10-4-3-9-13-15-16-18(9)14-10/h3-4H,2,5-8H2,1H3,(H,19,20). The van der Waals surface area contributed by atoms with E-state index >= 15 is 0 Å². The fraction of sp³-hybridized carbons (Fsp3) is 0.583. The zero-order valence-corrected chi connectivity index (χ0v) is 11.2. The minimum absolute atomic E-state index is 0.588. The number of carbonyl (C=O) groups is 1. The summed E-state index contributed by atoms with van der Waals surface area (Å²) < 4.78 is 1.38. The molecule has 0 aromatic carbocycles. The first-order valence-electron chi connectivity index (χ1n) is 6.68. The molecule has 2 aromatic heterocycles. The number of nitrogens with zero attached hydrogens (tertiary/aromatic N) is 6. The second-order valence-corrected chi connectivity index (χ2v) is 5.14. The van der Waals surface area contributed by atoms with Crippen LogP contribution in [0.3, 0.4) is 0 Å². The summed E-state index contributed by atoms with van der Waals surface area (Å²) in [6.45, 7) is 3.30. The molecule has 0 aliphatic carbocycles. The SMILES string of the molecule is CCC1(C(=O)O)CCN(c2ccc3nnnn3n2)CC1. The highest BCUT2D eigenvalue weighted by atomic mass is 16.4. The predicted octanol–water partition coefficient (Wildman–Crippen LogP) is 0.601. The van der Waals surface area contributed by atoms with E-state index < -0.39 is 11.4 Å². The van der Waals surface area contributed by atoms with Crippen LogP contribution in [0.15, 0.2) is 12.1 Å². The molecule has 0 bridgehead atoms. The number of piperidine rings is 1. The van der Waals surface area contributed by atoms with E-state index in [0.717, 1.165) is 5.82 Å². The Kier molecular flexibility index (Phi) is 3.00. The molecule has 2 aromatic rings. The summed E-state index contributed by atoms with van der Waals surface area (Å²) in [6.07, 6.45) is 1.93. The van der Waals surface area contributed by atoms with Crippen molar-refractivity contribution < 1.29 is 9.90 Å². The van der Waals surface area contributed by atoms with Crippen molar-refractivity contribution in [2.45, 2.75) is 26.2 Å². The average Bonchev–Trinajstić information content (AvgIpc) is 2.94. The van der Waals surface area contributed by atoms with Gasteiger partial charge in [0.15, 0.2) is 11.5 Å². The molecule has 106 valence electrons. The topological polar surface area (TPSA) is 96.5 Å². The van der Waals surface area contributed by atoms with Crippen molar-refractivity contribution in [3.05, 3.63) is 12.1 Å². The number of rotatable bonds is 3. The number of fused-ring (bicyclic) bond motifs is 1. The van der Waals surface area contributed by atoms with Gasteiger partial charge in [0.05, 0.1) is 5.41 Å². The van der Waals surface area contributed by atoms with Crippen LogP contribution in [0, 0.1) is 5.41 Å². The van der Waals surface area contributed by atoms with Crippen LogP contribution in [0.1, 0.15) is 26.2 Å². The molecule has 0 unspecified atom stereocenters. The van der Waals surface area contributed by atoms with Gasteiger partial charge in [-0.3, -0.25) is 4.79 Å². The van der Waals surface area contributed by atoms with E-state index in [0.29, 0.717) is 38.0 Å². The van der Waals surface area contributed by atoms with Crippen molar-refractivity contribution in [3.63, 3.8) is 0 Å². The number of anilines is 1. The van der Waals surface area contributed by atoms with E-state index in [1.54, 1.807) is 6.07 Å². The zero-order valence-electron chi connectivity index (χ0n) is 11.2. The molecule has 8 heteroatoms. The number of tetrazole rings is 1. The first-order chi connectivity index (χ1) is 9.64. The lowest BCUT2D eigenvalue weighted by Crippen LogP contribution is -2.44. The average molecular weight is 276 g/mol. The Balaban J connectivity index is 1.79. The van der Waals surface area contributed by atoms with E-state index in [9.17, 15) is 9.90 Å². The van der Waals surface area contributed by atoms with E-state index in [1.807, 2.05) is 13.0 Å². The Morgan fingerprint density at radius 3 is 2.80 bits per heavy atom. The van der Waals surface area contributed by atoms with Crippen LogP contribution >= 0.6 is 0 Å². The van der Waals surface area contributed by atoms with Crippen LogP contribution in [-0.4, -0.2) is 49.4 Å². The van der Waals surface area contributed by atoms with Gasteiger partial charge in [0.1, 0.15) is 0 Å². The molecule has 1 aliphatic rings. The monoisotopic (exact) mass is 276 g/mol. The van der Waals surface area contributed by atoms with Crippen LogP contribution in [0.25, 0.3) is 5.65 Å². The minimum Gasteiger partial charge on any atom is -0.481 e. The molecule has 0 atom stereocenters. The van der Waals surface area contributed by atoms with Crippen LogP contribution in [0.5, 0.6) is 0 Å². The third-order valence-corrected chi connectivity index (χ3v) is 4.23. The van der Waals surface area contributed by atoms with Crippen molar-refractivity contribution in [3.8, 4) is 0 Å². The van der Waals surface area contributed by atoms with Crippen molar-refractivity contribution in [2.24, 2.45) is 5.41 Å². The van der Waals surface area contributed by atoms with E-state index in [1.165, 1.54) is 4.63 Å². The molecule has 0 amide bonds. The fourth-order valence-electron chi connectivity index (χ4n) is 2.69. The third kappa shape index (κ3) is 1.97. The van der Waals surface area contributed by atoms with Gasteiger partial charge >= 0.3 is 5.97 Å². The molecular weight excluding hydrogens is 260 g/mol. The summed E-state index contributed by atoms with van der Waals surface area (Å²) in [5.41, 5.74) is 0.00860. The van der Waals surface area contributed by atoms with Crippen molar-refractivity contribution in [2.75, 3.05) is 18.0 Å². The molecule has 1 N–H and O–H groups in total. The number of hydrogen-bond acceptors (Lipinski definition) is 6. The highest BCUT2D eigenvalue weighted by Crippen LogP contribution is 2.36. The summed E-state index contributed by atoms with van der Waals surface area (Å²) in [6, 6.07) is 3.67. The Morgan fingerprint density at radius 1 is 1.40 bits per heavy atom. The lowest BCUT2D eigenvalue weighted by Gasteiger charge is -2.38. The summed E-state index contributed by atoms with van der Waals surface area (Å²) >= 11 is 0. The van der Waals surface area contributed by atoms with Crippen LogP contribution in [0.2, 0.25) is 0 Å². The molecule has 1 saturated heterocycles. The molecule has 3 heterocycles. The number of hydrogen-bond donors (Lipinski definition) is 1. The van der Waals surface area contributed by atoms with Gasteiger partial charge in [0, 0.05) is 13.1 Å². The van der Waals surface area contributed by atoms with Crippen molar-refractivity contribution in [1.82, 2.24) is 25.3 Å². The third-order valence-electron chi connectivity index (χ3n) is 4.23. The Hall–Kier alpha value is -2.25. The number of aromatic nitrogens is 5. The number of carboxylic acids is 1. The summed E-state index contributed by atoms with van der Waals surface area (Å²) in [7, 11) is 0. The van der Waals surface area contributed by atoms with Gasteiger partial charge in [0.2, 0.25) is 0 Å². The molecule has 0 radical (unpaired) electrons. The molecule has 0 spiro atoms. The van der Waals surface area contributed by atoms with E-state index in [2.05, 4.69) is 25.5 Å². The second-order valence-electron chi connectivity index (χ2n) is 5.14. The molecular formula is C12H16N6O2. The second kappa shape index (κ2) is 4.69. The molecule has 0 saturated carbocycles. The van der Waals surface area contributed by atoms with Crippen molar-refractivity contribution >= 4 is 17.4 Å². The van der Waals surface area contributed by atoms with Crippen molar-refractivity contribution in [1.29, 1.82) is 0 Å². The molecule has 8 nitrogen and oxygen atoms in total. The Labute approximate surface area is 115 Å². The fourth-order valence-corrected chi connectivity index (χ4v) is 2.69. The normalized spacial score (nSPS) is 18.4. The zero-order chi connectivity index (χ0) is 14.2. The Bertz CT molecular complexity index is 632. The maximum absolute atomic E-state index is 11.4. The lowest BCUT2D eigenvalue weighted by atomic mass is 9.76. The van der Waals surface area contributed by atoms with Gasteiger partial charge in [-0.05, 0) is 41.8 Å². The first kappa shape index (κ1) is 12.8. The smallest absolute Gasteiger partial charge is 0.309 e. The van der Waals surface area contributed by atoms with Gasteiger partial charge in [0.25, 0.3) is 0 Å². The summed E-state index contributed by atoms with van der Waals surface area (Å²) in [4.78, 5) is 13.5. The van der Waals surface area contributed by atoms with Gasteiger partial charge in [-0.25, -0.2) is 0 Å². The summed E-state index contributed by atoms with van der Waals surface area (Å²) in [5.74, 6) is 0.0865. The van der Waals surface area contributed by atoms with Gasteiger partial charge in [-0.2, -0.15) is 0 Å². The molecule has 1 fully saturated rings. The van der Waals surface area contributed by atoms with E-state index in [-0.39, 0.29) is 0 Å². The molecule has 3 rings (SSSR count). The number of carboxylic acid groups (broad SMARTS) is 1. The van der Waals surface area contributed by atoms with Gasteiger partial charge in [-0.1, -0.05) is 6.92 Å². The predicted molar refractivity (Wildman–Crippen MR) is 70.4 cm³/mol. The number of aliphatic carboxylic acids is 1. The van der Waals surface area contributed by atoms with Crippen LogP contribution in [0.4, 0.5) is 5.82 Å². The Morgan fingerprint density at radius 2 is 2.15 bits per heavy atom. The van der Waals surface area contributed by atoms with E-state index in [4.69, 9.17) is 0 Å². The maximum atomic E-state index is 11.4. The largest absolute Gasteiger partial charge is 0.481 e. The van der Waals surface area contributed by atoms with Gasteiger partial charge < -0.3 is 10.0 Å². The quantitative estimate of drug-likeness (QED) is 0.876. The van der Waals surface area contributed by atoms with Gasteiger partial charge in [-0.15, -0.1) is 14.8 Å². The highest BCUT2D eigenvalue weighted by Gasteiger charge is 2.40. The summed E-state index contributed by atoms with van der Waals surface area (Å²) in [5, 5.41) is 24.9. The highest BCUT2D eigenvalue weighted by molar-refractivity contribution is 5.75. The lowest BCUT2D eigenvalue weighted by molar-refractivity contribution is -0.150. The first-order valence-corrected chi connectivity index (χ1v) is 6.68. The molecule has 1 aliphatic heterocycles. The molecule has 20 heavy (non-hydrogen) atoms.